The van der Waals surface area contributed by atoms with Gasteiger partial charge in [-0.2, -0.15) is 0 Å². The lowest BCUT2D eigenvalue weighted by Gasteiger charge is -2.07. The fourth-order valence-electron chi connectivity index (χ4n) is 0.741. The molecule has 0 rings (SSSR count). The van der Waals surface area contributed by atoms with Crippen molar-refractivity contribution in [3.05, 3.63) is 24.8 Å². The SMILES string of the molecule is C=CC(=O)OCCOC(=O)C(=C)CC(O)O. The van der Waals surface area contributed by atoms with Crippen LogP contribution in [-0.4, -0.2) is 41.7 Å². The van der Waals surface area contributed by atoms with Gasteiger partial charge in [0.15, 0.2) is 6.29 Å². The van der Waals surface area contributed by atoms with Crippen LogP contribution in [0, 0.1) is 0 Å². The Labute approximate surface area is 92.8 Å². The van der Waals surface area contributed by atoms with Gasteiger partial charge in [-0.05, 0) is 0 Å². The normalized spacial score (nSPS) is 9.69. The van der Waals surface area contributed by atoms with Gasteiger partial charge in [-0.1, -0.05) is 13.2 Å². The molecule has 0 fully saturated rings. The highest BCUT2D eigenvalue weighted by Crippen LogP contribution is 2.03. The summed E-state index contributed by atoms with van der Waals surface area (Å²) in [6.45, 7) is 6.27. The fraction of sp³-hybridized carbons (Fsp3) is 0.400. The quantitative estimate of drug-likeness (QED) is 0.265. The molecule has 0 amide bonds. The van der Waals surface area contributed by atoms with Crippen LogP contribution in [0.5, 0.6) is 0 Å². The predicted octanol–water partition coefficient (Wildman–Crippen LogP) is -0.484. The number of carbonyl (C=O) groups is 2. The van der Waals surface area contributed by atoms with Crippen molar-refractivity contribution >= 4 is 11.9 Å². The summed E-state index contributed by atoms with van der Waals surface area (Å²) in [6.07, 6.45) is -0.938. The summed E-state index contributed by atoms with van der Waals surface area (Å²) < 4.78 is 9.17. The van der Waals surface area contributed by atoms with Crippen LogP contribution >= 0.6 is 0 Å². The molecule has 0 radical (unpaired) electrons. The second-order valence-corrected chi connectivity index (χ2v) is 2.80. The Balaban J connectivity index is 3.69. The van der Waals surface area contributed by atoms with Gasteiger partial charge < -0.3 is 19.7 Å². The van der Waals surface area contributed by atoms with Gasteiger partial charge in [0.05, 0.1) is 0 Å². The molecule has 0 unspecified atom stereocenters. The molecule has 0 spiro atoms. The van der Waals surface area contributed by atoms with Gasteiger partial charge >= 0.3 is 11.9 Å². The lowest BCUT2D eigenvalue weighted by Crippen LogP contribution is -2.16. The summed E-state index contributed by atoms with van der Waals surface area (Å²) in [6, 6.07) is 0. The van der Waals surface area contributed by atoms with Gasteiger partial charge in [0.25, 0.3) is 0 Å². The largest absolute Gasteiger partial charge is 0.459 e. The van der Waals surface area contributed by atoms with Crippen LogP contribution in [0.25, 0.3) is 0 Å². The zero-order chi connectivity index (χ0) is 12.6. The second-order valence-electron chi connectivity index (χ2n) is 2.80. The van der Waals surface area contributed by atoms with Crippen molar-refractivity contribution < 1.29 is 29.3 Å². The fourth-order valence-corrected chi connectivity index (χ4v) is 0.741. The molecule has 0 aromatic rings. The van der Waals surface area contributed by atoms with Crippen molar-refractivity contribution in [2.45, 2.75) is 12.7 Å². The second kappa shape index (κ2) is 7.61. The van der Waals surface area contributed by atoms with E-state index in [9.17, 15) is 9.59 Å². The van der Waals surface area contributed by atoms with Gasteiger partial charge in [-0.3, -0.25) is 0 Å². The average Bonchev–Trinajstić information content (AvgIpc) is 2.22. The van der Waals surface area contributed by atoms with Crippen LogP contribution in [0.2, 0.25) is 0 Å². The Hall–Kier alpha value is -1.66. The van der Waals surface area contributed by atoms with Gasteiger partial charge in [-0.25, -0.2) is 9.59 Å². The van der Waals surface area contributed by atoms with E-state index in [1.54, 1.807) is 0 Å². The van der Waals surface area contributed by atoms with E-state index in [0.29, 0.717) is 0 Å². The number of hydrogen-bond acceptors (Lipinski definition) is 6. The smallest absolute Gasteiger partial charge is 0.333 e. The molecule has 2 N–H and O–H groups in total. The summed E-state index contributed by atoms with van der Waals surface area (Å²) >= 11 is 0. The molecule has 0 saturated carbocycles. The molecular weight excluding hydrogens is 216 g/mol. The molecule has 90 valence electrons. The highest BCUT2D eigenvalue weighted by Gasteiger charge is 2.11. The first-order valence-electron chi connectivity index (χ1n) is 4.47. The van der Waals surface area contributed by atoms with Crippen LogP contribution in [0.15, 0.2) is 24.8 Å². The molecule has 0 heterocycles. The molecule has 0 aliphatic carbocycles. The third-order valence-electron chi connectivity index (χ3n) is 1.45. The van der Waals surface area contributed by atoms with E-state index >= 15 is 0 Å². The summed E-state index contributed by atoms with van der Waals surface area (Å²) in [5.74, 6) is -1.37. The molecule has 0 atom stereocenters. The van der Waals surface area contributed by atoms with Crippen LogP contribution in [-0.2, 0) is 19.1 Å². The Bertz CT molecular complexity index is 281. The van der Waals surface area contributed by atoms with Crippen LogP contribution < -0.4 is 0 Å². The average molecular weight is 230 g/mol. The Morgan fingerprint density at radius 3 is 2.31 bits per heavy atom. The maximum atomic E-state index is 11.1. The minimum Gasteiger partial charge on any atom is -0.459 e. The van der Waals surface area contributed by atoms with E-state index in [2.05, 4.69) is 22.6 Å². The van der Waals surface area contributed by atoms with Crippen molar-refractivity contribution in [2.24, 2.45) is 0 Å². The van der Waals surface area contributed by atoms with Crippen molar-refractivity contribution in [1.82, 2.24) is 0 Å². The van der Waals surface area contributed by atoms with Gasteiger partial charge in [0.1, 0.15) is 13.2 Å². The molecular formula is C10H14O6. The monoisotopic (exact) mass is 230 g/mol. The van der Waals surface area contributed by atoms with E-state index in [4.69, 9.17) is 10.2 Å². The summed E-state index contributed by atoms with van der Waals surface area (Å²) in [5.41, 5.74) is -0.0648. The molecule has 6 nitrogen and oxygen atoms in total. The molecule has 0 aromatic carbocycles. The van der Waals surface area contributed by atoms with E-state index < -0.39 is 18.2 Å². The Morgan fingerprint density at radius 2 is 1.81 bits per heavy atom. The third-order valence-corrected chi connectivity index (χ3v) is 1.45. The number of aliphatic hydroxyl groups excluding tert-OH is 1. The molecule has 0 bridgehead atoms. The molecule has 0 aromatic heterocycles. The van der Waals surface area contributed by atoms with E-state index in [-0.39, 0.29) is 25.2 Å². The minimum absolute atomic E-state index is 0.0648. The van der Waals surface area contributed by atoms with Gasteiger partial charge in [-0.15, -0.1) is 0 Å². The molecule has 0 saturated heterocycles. The number of carbonyl (C=O) groups excluding carboxylic acids is 2. The van der Waals surface area contributed by atoms with Gasteiger partial charge in [0, 0.05) is 18.1 Å². The number of ether oxygens (including phenoxy) is 2. The van der Waals surface area contributed by atoms with Crippen molar-refractivity contribution in [3.63, 3.8) is 0 Å². The lowest BCUT2D eigenvalue weighted by atomic mass is 10.2. The predicted molar refractivity (Wildman–Crippen MR) is 54.1 cm³/mol. The number of esters is 2. The molecule has 6 heteroatoms. The van der Waals surface area contributed by atoms with Crippen LogP contribution in [0.4, 0.5) is 0 Å². The van der Waals surface area contributed by atoms with Crippen molar-refractivity contribution in [3.8, 4) is 0 Å². The Kier molecular flexibility index (Phi) is 6.82. The van der Waals surface area contributed by atoms with E-state index in [1.807, 2.05) is 0 Å². The first kappa shape index (κ1) is 14.3. The summed E-state index contributed by atoms with van der Waals surface area (Å²) in [4.78, 5) is 21.7. The highest BCUT2D eigenvalue weighted by molar-refractivity contribution is 5.87. The van der Waals surface area contributed by atoms with E-state index in [0.717, 1.165) is 6.08 Å². The van der Waals surface area contributed by atoms with E-state index in [1.165, 1.54) is 0 Å². The molecule has 0 aliphatic heterocycles. The standard InChI is InChI=1S/C10H14O6/c1-3-9(13)15-4-5-16-10(14)7(2)6-8(11)12/h3,8,11-12H,1-2,4-6H2. The van der Waals surface area contributed by atoms with Crippen molar-refractivity contribution in [2.75, 3.05) is 13.2 Å². The van der Waals surface area contributed by atoms with Crippen molar-refractivity contribution in [1.29, 1.82) is 0 Å². The first-order chi connectivity index (χ1) is 7.47. The maximum absolute atomic E-state index is 11.1. The third kappa shape index (κ3) is 6.74. The molecule has 16 heavy (non-hydrogen) atoms. The number of hydrogen-bond donors (Lipinski definition) is 2. The zero-order valence-electron chi connectivity index (χ0n) is 8.72. The Morgan fingerprint density at radius 1 is 1.25 bits per heavy atom. The maximum Gasteiger partial charge on any atom is 0.333 e. The van der Waals surface area contributed by atoms with Crippen LogP contribution in [0.3, 0.4) is 0 Å². The topological polar surface area (TPSA) is 93.1 Å². The number of rotatable bonds is 7. The molecule has 0 aliphatic rings. The highest BCUT2D eigenvalue weighted by atomic mass is 16.6. The van der Waals surface area contributed by atoms with Gasteiger partial charge in [0.2, 0.25) is 0 Å². The number of aliphatic hydroxyl groups is 2. The summed E-state index contributed by atoms with van der Waals surface area (Å²) in [7, 11) is 0. The summed E-state index contributed by atoms with van der Waals surface area (Å²) in [5, 5.41) is 17.1. The lowest BCUT2D eigenvalue weighted by molar-refractivity contribution is -0.147. The minimum atomic E-state index is -1.64. The first-order valence-corrected chi connectivity index (χ1v) is 4.47. The van der Waals surface area contributed by atoms with Crippen LogP contribution in [0.1, 0.15) is 6.42 Å². The zero-order valence-corrected chi connectivity index (χ0v) is 8.72.